The fourth-order valence-electron chi connectivity index (χ4n) is 3.44. The molecule has 2 heterocycles. The zero-order chi connectivity index (χ0) is 18.1. The van der Waals surface area contributed by atoms with E-state index in [1.165, 1.54) is 5.56 Å². The molecule has 1 aliphatic rings. The van der Waals surface area contributed by atoms with E-state index < -0.39 is 10.0 Å². The van der Waals surface area contributed by atoms with Crippen LogP contribution in [0.4, 0.5) is 0 Å². The van der Waals surface area contributed by atoms with Gasteiger partial charge in [-0.2, -0.15) is 4.31 Å². The van der Waals surface area contributed by atoms with Gasteiger partial charge in [0.25, 0.3) is 0 Å². The van der Waals surface area contributed by atoms with Crippen LogP contribution in [0.3, 0.4) is 0 Å². The fraction of sp³-hybridized carbons (Fsp3) is 0.150. The van der Waals surface area contributed by atoms with Gasteiger partial charge in [0, 0.05) is 24.0 Å². The molecule has 0 N–H and O–H groups in total. The van der Waals surface area contributed by atoms with Gasteiger partial charge in [-0.15, -0.1) is 0 Å². The maximum absolute atomic E-state index is 13.4. The Morgan fingerprint density at radius 3 is 2.38 bits per heavy atom. The van der Waals surface area contributed by atoms with Crippen molar-refractivity contribution in [1.82, 2.24) is 9.29 Å². The Kier molecular flexibility index (Phi) is 4.53. The van der Waals surface area contributed by atoms with Crippen LogP contribution in [0.15, 0.2) is 78.0 Å². The molecule has 3 aromatic rings. The largest absolute Gasteiger partial charge is 0.265 e. The second kappa shape index (κ2) is 6.83. The van der Waals surface area contributed by atoms with Crippen LogP contribution in [0, 0.1) is 0 Å². The van der Waals surface area contributed by atoms with Gasteiger partial charge in [-0.3, -0.25) is 4.98 Å². The second-order valence-electron chi connectivity index (χ2n) is 6.20. The molecule has 0 bridgehead atoms. The SMILES string of the molecule is O=S(=O)(c1ccc(Cl)cc1)N1CCc2ccccc2C1c1ccncc1. The summed E-state index contributed by atoms with van der Waals surface area (Å²) in [5.41, 5.74) is 3.10. The topological polar surface area (TPSA) is 50.3 Å². The lowest BCUT2D eigenvalue weighted by Gasteiger charge is -2.36. The molecule has 1 atom stereocenters. The number of fused-ring (bicyclic) bond motifs is 1. The van der Waals surface area contributed by atoms with Crippen molar-refractivity contribution in [2.24, 2.45) is 0 Å². The molecule has 0 saturated heterocycles. The Hall–Kier alpha value is -2.21. The molecule has 4 nitrogen and oxygen atoms in total. The number of aromatic nitrogens is 1. The Balaban J connectivity index is 1.86. The third-order valence-corrected chi connectivity index (χ3v) is 6.81. The fourth-order valence-corrected chi connectivity index (χ4v) is 5.16. The predicted molar refractivity (Wildman–Crippen MR) is 102 cm³/mol. The summed E-state index contributed by atoms with van der Waals surface area (Å²) < 4.78 is 28.3. The zero-order valence-corrected chi connectivity index (χ0v) is 15.5. The number of pyridine rings is 1. The molecule has 0 spiro atoms. The molecular weight excluding hydrogens is 368 g/mol. The Labute approximate surface area is 158 Å². The summed E-state index contributed by atoms with van der Waals surface area (Å²) in [6, 6.07) is 17.7. The van der Waals surface area contributed by atoms with E-state index in [1.807, 2.05) is 30.3 Å². The van der Waals surface area contributed by atoms with E-state index in [0.29, 0.717) is 18.0 Å². The van der Waals surface area contributed by atoms with E-state index in [0.717, 1.165) is 11.1 Å². The van der Waals surface area contributed by atoms with Crippen LogP contribution in [-0.4, -0.2) is 24.3 Å². The molecule has 2 aromatic carbocycles. The third kappa shape index (κ3) is 3.03. The standard InChI is InChI=1S/C20H17ClN2O2S/c21-17-5-7-18(8-6-17)26(24,25)23-14-11-15-3-1-2-4-19(15)20(23)16-9-12-22-13-10-16/h1-10,12-13,20H,11,14H2. The second-order valence-corrected chi connectivity index (χ2v) is 8.53. The number of nitrogens with zero attached hydrogens (tertiary/aromatic N) is 2. The highest BCUT2D eigenvalue weighted by Crippen LogP contribution is 2.38. The molecule has 4 rings (SSSR count). The summed E-state index contributed by atoms with van der Waals surface area (Å²) in [5, 5.41) is 0.513. The molecule has 1 aromatic heterocycles. The highest BCUT2D eigenvalue weighted by Gasteiger charge is 2.37. The Morgan fingerprint density at radius 2 is 1.65 bits per heavy atom. The van der Waals surface area contributed by atoms with Crippen molar-refractivity contribution in [3.8, 4) is 0 Å². The Bertz CT molecular complexity index is 1020. The van der Waals surface area contributed by atoms with Gasteiger partial charge in [-0.1, -0.05) is 35.9 Å². The molecule has 0 radical (unpaired) electrons. The number of sulfonamides is 1. The van der Waals surface area contributed by atoms with Crippen LogP contribution in [0.1, 0.15) is 22.7 Å². The first-order valence-electron chi connectivity index (χ1n) is 8.32. The molecule has 0 aliphatic carbocycles. The van der Waals surface area contributed by atoms with Crippen LogP contribution in [0.25, 0.3) is 0 Å². The number of hydrogen-bond acceptors (Lipinski definition) is 3. The minimum atomic E-state index is -3.66. The van der Waals surface area contributed by atoms with Gasteiger partial charge in [-0.25, -0.2) is 8.42 Å². The van der Waals surface area contributed by atoms with Crippen molar-refractivity contribution >= 4 is 21.6 Å². The smallest absolute Gasteiger partial charge is 0.243 e. The van der Waals surface area contributed by atoms with E-state index in [1.54, 1.807) is 41.0 Å². The van der Waals surface area contributed by atoms with E-state index in [2.05, 4.69) is 11.1 Å². The maximum atomic E-state index is 13.4. The average molecular weight is 385 g/mol. The minimum Gasteiger partial charge on any atom is -0.265 e. The molecule has 132 valence electrons. The van der Waals surface area contributed by atoms with Gasteiger partial charge >= 0.3 is 0 Å². The van der Waals surface area contributed by atoms with E-state index in [9.17, 15) is 8.42 Å². The predicted octanol–water partition coefficient (Wildman–Crippen LogP) is 4.07. The van der Waals surface area contributed by atoms with Gasteiger partial charge < -0.3 is 0 Å². The van der Waals surface area contributed by atoms with Crippen molar-refractivity contribution in [2.45, 2.75) is 17.4 Å². The van der Waals surface area contributed by atoms with Crippen LogP contribution in [-0.2, 0) is 16.4 Å². The van der Waals surface area contributed by atoms with Gasteiger partial charge in [0.2, 0.25) is 10.0 Å². The lowest BCUT2D eigenvalue weighted by atomic mass is 9.90. The maximum Gasteiger partial charge on any atom is 0.243 e. The molecule has 6 heteroatoms. The molecule has 0 amide bonds. The summed E-state index contributed by atoms with van der Waals surface area (Å²) in [5.74, 6) is 0. The van der Waals surface area contributed by atoms with Gasteiger partial charge in [0.15, 0.2) is 0 Å². The monoisotopic (exact) mass is 384 g/mol. The first-order chi connectivity index (χ1) is 12.6. The summed E-state index contributed by atoms with van der Waals surface area (Å²) >= 11 is 5.92. The van der Waals surface area contributed by atoms with E-state index in [4.69, 9.17) is 11.6 Å². The normalized spacial score (nSPS) is 17.7. The van der Waals surface area contributed by atoms with Gasteiger partial charge in [-0.05, 0) is 59.5 Å². The average Bonchev–Trinajstić information content (AvgIpc) is 2.68. The quantitative estimate of drug-likeness (QED) is 0.683. The minimum absolute atomic E-state index is 0.250. The van der Waals surface area contributed by atoms with Crippen molar-refractivity contribution in [3.05, 3.63) is 94.8 Å². The van der Waals surface area contributed by atoms with Crippen LogP contribution in [0.2, 0.25) is 5.02 Å². The molecule has 1 unspecified atom stereocenters. The van der Waals surface area contributed by atoms with Crippen LogP contribution < -0.4 is 0 Å². The van der Waals surface area contributed by atoms with E-state index in [-0.39, 0.29) is 10.9 Å². The highest BCUT2D eigenvalue weighted by atomic mass is 35.5. The van der Waals surface area contributed by atoms with Crippen molar-refractivity contribution in [3.63, 3.8) is 0 Å². The van der Waals surface area contributed by atoms with E-state index >= 15 is 0 Å². The molecule has 0 saturated carbocycles. The summed E-state index contributed by atoms with van der Waals surface area (Å²) in [6.45, 7) is 0.426. The van der Waals surface area contributed by atoms with Gasteiger partial charge in [0.05, 0.1) is 10.9 Å². The lowest BCUT2D eigenvalue weighted by Crippen LogP contribution is -2.40. The molecular formula is C20H17ClN2O2S. The summed E-state index contributed by atoms with van der Waals surface area (Å²) in [7, 11) is -3.66. The zero-order valence-electron chi connectivity index (χ0n) is 13.9. The van der Waals surface area contributed by atoms with Crippen molar-refractivity contribution < 1.29 is 8.42 Å². The number of benzene rings is 2. The van der Waals surface area contributed by atoms with Crippen molar-refractivity contribution in [2.75, 3.05) is 6.54 Å². The first kappa shape index (κ1) is 17.2. The molecule has 1 aliphatic heterocycles. The highest BCUT2D eigenvalue weighted by molar-refractivity contribution is 7.89. The summed E-state index contributed by atoms with van der Waals surface area (Å²) in [4.78, 5) is 4.32. The van der Waals surface area contributed by atoms with Crippen LogP contribution in [0.5, 0.6) is 0 Å². The lowest BCUT2D eigenvalue weighted by molar-refractivity contribution is 0.344. The van der Waals surface area contributed by atoms with Gasteiger partial charge in [0.1, 0.15) is 0 Å². The van der Waals surface area contributed by atoms with Crippen molar-refractivity contribution in [1.29, 1.82) is 0 Å². The van der Waals surface area contributed by atoms with Crippen LogP contribution >= 0.6 is 11.6 Å². The summed E-state index contributed by atoms with van der Waals surface area (Å²) in [6.07, 6.45) is 4.07. The third-order valence-electron chi connectivity index (χ3n) is 4.68. The number of rotatable bonds is 3. The number of hydrogen-bond donors (Lipinski definition) is 0. The number of halogens is 1. The Morgan fingerprint density at radius 1 is 0.962 bits per heavy atom. The first-order valence-corrected chi connectivity index (χ1v) is 10.1. The molecule has 0 fully saturated rings. The molecule has 26 heavy (non-hydrogen) atoms.